The summed E-state index contributed by atoms with van der Waals surface area (Å²) in [5, 5.41) is 0. The summed E-state index contributed by atoms with van der Waals surface area (Å²) in [4.78, 5) is 20.1. The van der Waals surface area contributed by atoms with Crippen LogP contribution in [-0.2, 0) is 14.6 Å². The maximum atomic E-state index is 10.4. The minimum atomic E-state index is 0.181. The molecule has 0 unspecified atom stereocenters. The van der Waals surface area contributed by atoms with Gasteiger partial charge in [0, 0.05) is 20.5 Å². The monoisotopic (exact) mass is 207 g/mol. The molecule has 4 nitrogen and oxygen atoms in total. The maximum absolute atomic E-state index is 10.4. The van der Waals surface area contributed by atoms with Gasteiger partial charge in [0.1, 0.15) is 0 Å². The quantitative estimate of drug-likeness (QED) is 0.514. The molecule has 0 spiro atoms. The van der Waals surface area contributed by atoms with Crippen molar-refractivity contribution in [3.63, 3.8) is 0 Å². The molecule has 0 aromatic heterocycles. The van der Waals surface area contributed by atoms with E-state index in [1.54, 1.807) is 19.0 Å². The van der Waals surface area contributed by atoms with Crippen LogP contribution in [-0.4, -0.2) is 39.1 Å². The van der Waals surface area contributed by atoms with E-state index in [1.165, 1.54) is 20.6 Å². The predicted molar refractivity (Wildman–Crippen MR) is 59.0 cm³/mol. The predicted octanol–water partition coefficient (Wildman–Crippen LogP) is 2.10. The summed E-state index contributed by atoms with van der Waals surface area (Å²) in [6.07, 6.45) is 1.85. The molecule has 14 heavy (non-hydrogen) atoms. The van der Waals surface area contributed by atoms with Crippen LogP contribution in [0.15, 0.2) is 0 Å². The van der Waals surface area contributed by atoms with Gasteiger partial charge in [-0.3, -0.25) is 4.79 Å². The Hall–Kier alpha value is -0.610. The summed E-state index contributed by atoms with van der Waals surface area (Å²) >= 11 is 0. The molecule has 0 aliphatic heterocycles. The summed E-state index contributed by atoms with van der Waals surface area (Å²) in [6.45, 7) is 6.10. The molecule has 1 amide bonds. The largest absolute Gasteiger partial charge is 0.349 e. The van der Waals surface area contributed by atoms with E-state index in [4.69, 9.17) is 0 Å². The van der Waals surface area contributed by atoms with Crippen LogP contribution in [0.1, 0.15) is 33.6 Å². The molecule has 0 saturated carbocycles. The normalized spacial score (nSPS) is 7.64. The maximum Gasteiger partial charge on any atom is 0.221 e. The van der Waals surface area contributed by atoms with Crippen LogP contribution in [0.5, 0.6) is 0 Å². The van der Waals surface area contributed by atoms with Crippen molar-refractivity contribution in [2.45, 2.75) is 33.6 Å². The van der Waals surface area contributed by atoms with Gasteiger partial charge in [-0.2, -0.15) is 0 Å². The number of rotatable bonds is 2. The number of hydrogen-bond donors (Lipinski definition) is 0. The third kappa shape index (κ3) is 30.1. The van der Waals surface area contributed by atoms with E-state index < -0.39 is 0 Å². The summed E-state index contributed by atoms with van der Waals surface area (Å²) < 4.78 is 0. The first-order valence-electron chi connectivity index (χ1n) is 4.78. The minimum Gasteiger partial charge on any atom is -0.349 e. The van der Waals surface area contributed by atoms with E-state index in [0.29, 0.717) is 6.42 Å². The van der Waals surface area contributed by atoms with Gasteiger partial charge in [0.25, 0.3) is 0 Å². The van der Waals surface area contributed by atoms with Crippen LogP contribution < -0.4 is 0 Å². The third-order valence-corrected chi connectivity index (χ3v) is 0.968. The first-order chi connectivity index (χ1) is 6.51. The molecule has 0 aromatic carbocycles. The fraction of sp³-hybridized carbons (Fsp3) is 0.900. The molecule has 0 rings (SSSR count). The van der Waals surface area contributed by atoms with Gasteiger partial charge in [-0.15, -0.1) is 0 Å². The van der Waals surface area contributed by atoms with E-state index >= 15 is 0 Å². The minimum absolute atomic E-state index is 0.181. The van der Waals surface area contributed by atoms with E-state index in [9.17, 15) is 4.79 Å². The standard InChI is InChI=1S/C5H11NO.C3H8.C2H6O2/c1-4-5(7)6(2)3;1-3-2;1-3-4-2/h4H2,1-3H3;3H2,1-2H3;1-2H3. The molecule has 0 bridgehead atoms. The van der Waals surface area contributed by atoms with Crippen molar-refractivity contribution in [1.82, 2.24) is 4.90 Å². The second-order valence-corrected chi connectivity index (χ2v) is 2.68. The molecule has 0 N–H and O–H groups in total. The van der Waals surface area contributed by atoms with Crippen LogP contribution in [0, 0.1) is 0 Å². The molecule has 4 heteroatoms. The second kappa shape index (κ2) is 18.2. The lowest BCUT2D eigenvalue weighted by molar-refractivity contribution is -0.248. The average molecular weight is 207 g/mol. The molecule has 0 aromatic rings. The molecule has 88 valence electrons. The number of nitrogens with zero attached hydrogens (tertiary/aromatic N) is 1. The van der Waals surface area contributed by atoms with Crippen molar-refractivity contribution in [2.24, 2.45) is 0 Å². The Morgan fingerprint density at radius 1 is 1.07 bits per heavy atom. The average Bonchev–Trinajstić information content (AvgIpc) is 2.18. The number of carbonyl (C=O) groups excluding carboxylic acids is 1. The van der Waals surface area contributed by atoms with Gasteiger partial charge in [0.2, 0.25) is 5.91 Å². The van der Waals surface area contributed by atoms with Gasteiger partial charge >= 0.3 is 0 Å². The Labute approximate surface area is 88.1 Å². The van der Waals surface area contributed by atoms with Gasteiger partial charge in [0.05, 0.1) is 14.2 Å². The fourth-order valence-electron chi connectivity index (χ4n) is 0.316. The lowest BCUT2D eigenvalue weighted by atomic mass is 10.4. The lowest BCUT2D eigenvalue weighted by Crippen LogP contribution is -2.19. The van der Waals surface area contributed by atoms with Crippen molar-refractivity contribution in [3.05, 3.63) is 0 Å². The number of carbonyl (C=O) groups is 1. The van der Waals surface area contributed by atoms with Crippen molar-refractivity contribution in [2.75, 3.05) is 28.3 Å². The van der Waals surface area contributed by atoms with Crippen LogP contribution in [0.2, 0.25) is 0 Å². The molecule has 0 aliphatic rings. The van der Waals surface area contributed by atoms with Gasteiger partial charge < -0.3 is 4.90 Å². The zero-order valence-electron chi connectivity index (χ0n) is 10.6. The van der Waals surface area contributed by atoms with Crippen molar-refractivity contribution >= 4 is 5.91 Å². The summed E-state index contributed by atoms with van der Waals surface area (Å²) in [6, 6.07) is 0. The van der Waals surface area contributed by atoms with Crippen molar-refractivity contribution in [1.29, 1.82) is 0 Å². The van der Waals surface area contributed by atoms with E-state index in [-0.39, 0.29) is 5.91 Å². The highest BCUT2D eigenvalue weighted by atomic mass is 17.2. The van der Waals surface area contributed by atoms with E-state index in [2.05, 4.69) is 23.6 Å². The van der Waals surface area contributed by atoms with Gasteiger partial charge in [-0.25, -0.2) is 9.78 Å². The van der Waals surface area contributed by atoms with Crippen molar-refractivity contribution < 1.29 is 14.6 Å². The molecule has 0 saturated heterocycles. The molecular weight excluding hydrogens is 182 g/mol. The summed E-state index contributed by atoms with van der Waals surface area (Å²) in [5.74, 6) is 0.181. The Morgan fingerprint density at radius 3 is 1.36 bits per heavy atom. The highest BCUT2D eigenvalue weighted by molar-refractivity contribution is 5.75. The Balaban J connectivity index is -0.000000147. The van der Waals surface area contributed by atoms with Crippen LogP contribution in [0.25, 0.3) is 0 Å². The zero-order valence-corrected chi connectivity index (χ0v) is 10.6. The van der Waals surface area contributed by atoms with Crippen LogP contribution in [0.4, 0.5) is 0 Å². The van der Waals surface area contributed by atoms with Gasteiger partial charge in [-0.05, 0) is 0 Å². The fourth-order valence-corrected chi connectivity index (χ4v) is 0.316. The lowest BCUT2D eigenvalue weighted by Gasteiger charge is -2.05. The zero-order chi connectivity index (χ0) is 12.0. The second-order valence-electron chi connectivity index (χ2n) is 2.68. The first kappa shape index (κ1) is 19.0. The Bertz CT molecular complexity index is 104. The SMILES string of the molecule is CCC.CCC(=O)N(C)C.COOC. The van der Waals surface area contributed by atoms with Gasteiger partial charge in [-0.1, -0.05) is 27.2 Å². The van der Waals surface area contributed by atoms with E-state index in [0.717, 1.165) is 0 Å². The molecular formula is C10H25NO3. The molecule has 0 radical (unpaired) electrons. The molecule has 0 atom stereocenters. The Kier molecular flexibility index (Phi) is 24.8. The third-order valence-electron chi connectivity index (χ3n) is 0.968. The van der Waals surface area contributed by atoms with Crippen LogP contribution in [0.3, 0.4) is 0 Å². The highest BCUT2D eigenvalue weighted by Crippen LogP contribution is 1.81. The molecule has 0 aliphatic carbocycles. The summed E-state index contributed by atoms with van der Waals surface area (Å²) in [5.41, 5.74) is 0. The molecule has 0 fully saturated rings. The first-order valence-corrected chi connectivity index (χ1v) is 4.78. The summed E-state index contributed by atoms with van der Waals surface area (Å²) in [7, 11) is 6.43. The Morgan fingerprint density at radius 2 is 1.36 bits per heavy atom. The highest BCUT2D eigenvalue weighted by Gasteiger charge is 1.95. The van der Waals surface area contributed by atoms with Crippen LogP contribution >= 0.6 is 0 Å². The van der Waals surface area contributed by atoms with Gasteiger partial charge in [0.15, 0.2) is 0 Å². The number of amides is 1. The smallest absolute Gasteiger partial charge is 0.221 e. The number of hydrogen-bond acceptors (Lipinski definition) is 3. The molecule has 0 heterocycles. The van der Waals surface area contributed by atoms with Crippen molar-refractivity contribution in [3.8, 4) is 0 Å². The topological polar surface area (TPSA) is 38.8 Å². The van der Waals surface area contributed by atoms with E-state index in [1.807, 2.05) is 6.92 Å².